The minimum Gasteiger partial charge on any atom is -0.384 e. The Bertz CT molecular complexity index is 1190. The highest BCUT2D eigenvalue weighted by atomic mass is 32.2. The first-order valence-electron chi connectivity index (χ1n) is 8.83. The van der Waals surface area contributed by atoms with Gasteiger partial charge >= 0.3 is 6.03 Å². The van der Waals surface area contributed by atoms with Crippen LogP contribution in [0.1, 0.15) is 19.5 Å². The van der Waals surface area contributed by atoms with Crippen molar-refractivity contribution in [1.29, 1.82) is 0 Å². The number of hydrogen-bond donors (Lipinski definition) is 3. The van der Waals surface area contributed by atoms with Crippen molar-refractivity contribution in [2.75, 3.05) is 11.1 Å². The predicted octanol–water partition coefficient (Wildman–Crippen LogP) is 3.06. The number of nitrogen functional groups attached to an aromatic ring is 1. The largest absolute Gasteiger partial charge is 0.384 e. The molecule has 0 saturated heterocycles. The Labute approximate surface area is 173 Å². The maximum Gasteiger partial charge on any atom is 0.316 e. The normalized spacial score (nSPS) is 11.8. The Morgan fingerprint density at radius 2 is 1.63 bits per heavy atom. The molecule has 0 aliphatic heterocycles. The predicted molar refractivity (Wildman–Crippen MR) is 112 cm³/mol. The van der Waals surface area contributed by atoms with E-state index in [9.17, 15) is 17.6 Å². The van der Waals surface area contributed by atoms with Gasteiger partial charge in [0.15, 0.2) is 15.7 Å². The van der Waals surface area contributed by atoms with Crippen LogP contribution in [0.15, 0.2) is 59.5 Å². The third-order valence-corrected chi connectivity index (χ3v) is 7.01. The van der Waals surface area contributed by atoms with E-state index in [2.05, 4.69) is 15.3 Å². The molecule has 3 rings (SSSR count). The number of aromatic nitrogens is 2. The average molecular weight is 429 g/mol. The Hall–Kier alpha value is -3.53. The molecule has 0 spiro atoms. The van der Waals surface area contributed by atoms with Crippen LogP contribution in [0.25, 0.3) is 11.4 Å². The van der Waals surface area contributed by atoms with Gasteiger partial charge in [-0.1, -0.05) is 0 Å². The van der Waals surface area contributed by atoms with Crippen molar-refractivity contribution < 1.29 is 17.6 Å². The summed E-state index contributed by atoms with van der Waals surface area (Å²) in [7, 11) is -3.92. The summed E-state index contributed by atoms with van der Waals surface area (Å²) >= 11 is 0. The summed E-state index contributed by atoms with van der Waals surface area (Å²) in [6, 6.07) is 11.8. The molecule has 156 valence electrons. The van der Waals surface area contributed by atoms with Crippen LogP contribution in [-0.2, 0) is 14.6 Å². The number of carbonyl (C=O) groups is 1. The highest BCUT2D eigenvalue weighted by molar-refractivity contribution is 7.92. The highest BCUT2D eigenvalue weighted by Crippen LogP contribution is 2.35. The lowest BCUT2D eigenvalue weighted by atomic mass is 10.1. The monoisotopic (exact) mass is 429 g/mol. The molecule has 0 fully saturated rings. The lowest BCUT2D eigenvalue weighted by Gasteiger charge is -2.25. The molecule has 0 bridgehead atoms. The van der Waals surface area contributed by atoms with Crippen molar-refractivity contribution in [3.8, 4) is 11.4 Å². The summed E-state index contributed by atoms with van der Waals surface area (Å²) < 4.78 is 38.1. The van der Waals surface area contributed by atoms with E-state index in [0.29, 0.717) is 11.3 Å². The number of nitrogens with zero attached hydrogens (tertiary/aromatic N) is 2. The molecule has 0 aliphatic rings. The minimum absolute atomic E-state index is 0.0329. The van der Waals surface area contributed by atoms with E-state index < -0.39 is 26.4 Å². The number of urea groups is 1. The van der Waals surface area contributed by atoms with Crippen LogP contribution in [0, 0.1) is 5.82 Å². The number of carbonyl (C=O) groups excluding carboxylic acids is 1. The Morgan fingerprint density at radius 3 is 2.20 bits per heavy atom. The molecule has 0 radical (unpaired) electrons. The number of sulfone groups is 1. The lowest BCUT2D eigenvalue weighted by molar-refractivity contribution is 0.259. The Balaban J connectivity index is 2.03. The Morgan fingerprint density at radius 1 is 1.03 bits per heavy atom. The second-order valence-corrected chi connectivity index (χ2v) is 9.53. The number of rotatable bonds is 5. The topological polar surface area (TPSA) is 141 Å². The smallest absolute Gasteiger partial charge is 0.316 e. The maximum atomic E-state index is 13.2. The van der Waals surface area contributed by atoms with Gasteiger partial charge in [-0.3, -0.25) is 0 Å². The summed E-state index contributed by atoms with van der Waals surface area (Å²) in [6.45, 7) is 2.99. The molecular formula is C20H20FN5O3S. The number of benzene rings is 2. The zero-order chi connectivity index (χ0) is 22.1. The van der Waals surface area contributed by atoms with Gasteiger partial charge in [0.05, 0.1) is 10.6 Å². The third-order valence-electron chi connectivity index (χ3n) is 4.57. The van der Waals surface area contributed by atoms with Crippen LogP contribution in [-0.4, -0.2) is 24.4 Å². The van der Waals surface area contributed by atoms with E-state index >= 15 is 0 Å². The van der Waals surface area contributed by atoms with E-state index in [1.807, 2.05) is 0 Å². The van der Waals surface area contributed by atoms with Gasteiger partial charge in [-0.15, -0.1) is 0 Å². The number of primary amides is 1. The maximum absolute atomic E-state index is 13.2. The molecule has 1 aromatic heterocycles. The number of hydrogen-bond acceptors (Lipinski definition) is 6. The zero-order valence-electron chi connectivity index (χ0n) is 16.3. The van der Waals surface area contributed by atoms with E-state index in [1.54, 1.807) is 24.3 Å². The lowest BCUT2D eigenvalue weighted by Crippen LogP contribution is -2.31. The van der Waals surface area contributed by atoms with Crippen LogP contribution in [0.5, 0.6) is 0 Å². The molecule has 5 N–H and O–H groups in total. The van der Waals surface area contributed by atoms with Crippen molar-refractivity contribution in [1.82, 2.24) is 9.97 Å². The molecule has 0 unspecified atom stereocenters. The first-order chi connectivity index (χ1) is 14.0. The molecule has 0 aliphatic carbocycles. The van der Waals surface area contributed by atoms with Crippen LogP contribution in [0.2, 0.25) is 0 Å². The van der Waals surface area contributed by atoms with Crippen molar-refractivity contribution in [3.05, 3.63) is 66.1 Å². The third kappa shape index (κ3) is 4.08. The average Bonchev–Trinajstić information content (AvgIpc) is 2.68. The van der Waals surface area contributed by atoms with Crippen molar-refractivity contribution in [3.63, 3.8) is 0 Å². The second-order valence-electron chi connectivity index (χ2n) is 7.04. The van der Waals surface area contributed by atoms with E-state index in [0.717, 1.165) is 12.1 Å². The minimum atomic E-state index is -3.92. The fourth-order valence-electron chi connectivity index (χ4n) is 2.79. The molecule has 0 atom stereocenters. The number of nitrogens with one attached hydrogen (secondary N) is 1. The van der Waals surface area contributed by atoms with Crippen LogP contribution in [0.4, 0.5) is 20.7 Å². The molecule has 8 nitrogen and oxygen atoms in total. The van der Waals surface area contributed by atoms with Crippen molar-refractivity contribution in [2.45, 2.75) is 23.5 Å². The number of amides is 2. The van der Waals surface area contributed by atoms with Gasteiger partial charge in [-0.05, 0) is 62.4 Å². The van der Waals surface area contributed by atoms with Crippen LogP contribution >= 0.6 is 0 Å². The molecular weight excluding hydrogens is 409 g/mol. The number of anilines is 2. The molecule has 30 heavy (non-hydrogen) atoms. The summed E-state index contributed by atoms with van der Waals surface area (Å²) in [5, 5.41) is 2.44. The summed E-state index contributed by atoms with van der Waals surface area (Å²) in [5.41, 5.74) is 12.2. The zero-order valence-corrected chi connectivity index (χ0v) is 17.1. The fraction of sp³-hybridized carbons (Fsp3) is 0.150. The van der Waals surface area contributed by atoms with Crippen molar-refractivity contribution >= 4 is 27.4 Å². The molecule has 3 aromatic rings. The molecule has 2 aromatic carbocycles. The van der Waals surface area contributed by atoms with Gasteiger partial charge in [0.25, 0.3) is 0 Å². The van der Waals surface area contributed by atoms with Crippen LogP contribution < -0.4 is 16.8 Å². The summed E-state index contributed by atoms with van der Waals surface area (Å²) in [6.07, 6.45) is 0. The van der Waals surface area contributed by atoms with E-state index in [1.165, 1.54) is 32.0 Å². The first kappa shape index (κ1) is 21.2. The SMILES string of the molecule is CC(C)(c1cc(N)nc(-c2ccc(NC(N)=O)cc2)n1)S(=O)(=O)c1ccc(F)cc1. The first-order valence-corrected chi connectivity index (χ1v) is 10.3. The highest BCUT2D eigenvalue weighted by Gasteiger charge is 2.39. The van der Waals surface area contributed by atoms with Gasteiger partial charge in [-0.25, -0.2) is 27.6 Å². The van der Waals surface area contributed by atoms with Crippen molar-refractivity contribution in [2.24, 2.45) is 5.73 Å². The summed E-state index contributed by atoms with van der Waals surface area (Å²) in [5.74, 6) is -0.218. The van der Waals surface area contributed by atoms with Gasteiger partial charge in [-0.2, -0.15) is 0 Å². The van der Waals surface area contributed by atoms with Gasteiger partial charge in [0.1, 0.15) is 16.4 Å². The van der Waals surface area contributed by atoms with E-state index in [4.69, 9.17) is 11.5 Å². The number of halogens is 1. The fourth-order valence-corrected chi connectivity index (χ4v) is 4.26. The molecule has 10 heteroatoms. The molecule has 2 amide bonds. The van der Waals surface area contributed by atoms with Gasteiger partial charge < -0.3 is 16.8 Å². The van der Waals surface area contributed by atoms with E-state index in [-0.39, 0.29) is 22.2 Å². The van der Waals surface area contributed by atoms with Gasteiger partial charge in [0.2, 0.25) is 0 Å². The quantitative estimate of drug-likeness (QED) is 0.532. The Kier molecular flexibility index (Phi) is 5.45. The second kappa shape index (κ2) is 7.71. The van der Waals surface area contributed by atoms with Gasteiger partial charge in [0, 0.05) is 17.3 Å². The number of nitrogens with two attached hydrogens (primary N) is 2. The molecule has 0 saturated carbocycles. The molecule has 1 heterocycles. The van der Waals surface area contributed by atoms with Crippen LogP contribution in [0.3, 0.4) is 0 Å². The standard InChI is InChI=1S/C20H20FN5O3S/c1-20(2,30(28,29)15-9-5-13(21)6-10-15)16-11-17(22)26-18(25-16)12-3-7-14(8-4-12)24-19(23)27/h3-11H,1-2H3,(H2,22,25,26)(H3,23,24,27). The summed E-state index contributed by atoms with van der Waals surface area (Å²) in [4.78, 5) is 19.5.